The van der Waals surface area contributed by atoms with E-state index in [0.29, 0.717) is 6.54 Å². The summed E-state index contributed by atoms with van der Waals surface area (Å²) in [4.78, 5) is 4.73. The van der Waals surface area contributed by atoms with Crippen molar-refractivity contribution >= 4 is 29.9 Å². The molecule has 1 aromatic heterocycles. The molecule has 0 spiro atoms. The van der Waals surface area contributed by atoms with Crippen LogP contribution in [-0.4, -0.2) is 28.8 Å². The molecule has 28 heavy (non-hydrogen) atoms. The maximum Gasteiger partial charge on any atom is 0.191 e. The van der Waals surface area contributed by atoms with Crippen molar-refractivity contribution in [3.63, 3.8) is 0 Å². The molecule has 1 heterocycles. The first-order chi connectivity index (χ1) is 13.3. The van der Waals surface area contributed by atoms with E-state index in [2.05, 4.69) is 71.2 Å². The first-order valence-corrected chi connectivity index (χ1v) is 9.45. The normalized spacial score (nSPS) is 11.0. The number of hydrogen-bond acceptors (Lipinski definition) is 2. The van der Waals surface area contributed by atoms with E-state index in [0.717, 1.165) is 32.0 Å². The molecule has 2 aromatic carbocycles. The minimum Gasteiger partial charge on any atom is -0.357 e. The lowest BCUT2D eigenvalue weighted by atomic mass is 10.1. The molecule has 5 nitrogen and oxygen atoms in total. The highest BCUT2D eigenvalue weighted by molar-refractivity contribution is 14.0. The van der Waals surface area contributed by atoms with Crippen LogP contribution in [0.5, 0.6) is 0 Å². The van der Waals surface area contributed by atoms with Gasteiger partial charge < -0.3 is 10.6 Å². The smallest absolute Gasteiger partial charge is 0.191 e. The average molecular weight is 489 g/mol. The largest absolute Gasteiger partial charge is 0.357 e. The lowest BCUT2D eigenvalue weighted by Gasteiger charge is -2.11. The van der Waals surface area contributed by atoms with Crippen LogP contribution in [0.15, 0.2) is 78.0 Å². The molecule has 0 atom stereocenters. The fourth-order valence-corrected chi connectivity index (χ4v) is 2.89. The summed E-state index contributed by atoms with van der Waals surface area (Å²) in [6.45, 7) is 5.21. The maximum atomic E-state index is 4.73. The van der Waals surface area contributed by atoms with Gasteiger partial charge in [-0.25, -0.2) is 4.99 Å². The number of guanidine groups is 1. The Bertz CT molecular complexity index is 831. The third-order valence-electron chi connectivity index (χ3n) is 4.21. The number of aromatic nitrogens is 2. The highest BCUT2D eigenvalue weighted by atomic mass is 127. The van der Waals surface area contributed by atoms with Gasteiger partial charge in [-0.1, -0.05) is 54.6 Å². The quantitative estimate of drug-likeness (QED) is 0.287. The van der Waals surface area contributed by atoms with Gasteiger partial charge in [0, 0.05) is 25.5 Å². The van der Waals surface area contributed by atoms with Gasteiger partial charge in [0.2, 0.25) is 0 Å². The van der Waals surface area contributed by atoms with Crippen LogP contribution >= 0.6 is 24.0 Å². The predicted octanol–water partition coefficient (Wildman–Crippen LogP) is 3.85. The van der Waals surface area contributed by atoms with Crippen LogP contribution in [0.1, 0.15) is 23.6 Å². The summed E-state index contributed by atoms with van der Waals surface area (Å²) in [5.41, 5.74) is 3.75. The van der Waals surface area contributed by atoms with Gasteiger partial charge in [0.25, 0.3) is 0 Å². The number of halogens is 1. The van der Waals surface area contributed by atoms with E-state index < -0.39 is 0 Å². The Balaban J connectivity index is 0.00000280. The molecule has 2 N–H and O–H groups in total. The van der Waals surface area contributed by atoms with Crippen molar-refractivity contribution in [2.45, 2.75) is 26.4 Å². The van der Waals surface area contributed by atoms with E-state index in [1.54, 1.807) is 6.20 Å². The van der Waals surface area contributed by atoms with Crippen LogP contribution < -0.4 is 10.6 Å². The summed E-state index contributed by atoms with van der Waals surface area (Å²) in [6.07, 6.45) is 4.76. The molecule has 148 valence electrons. The molecule has 6 heteroatoms. The topological polar surface area (TPSA) is 54.2 Å². The number of rotatable bonds is 8. The minimum absolute atomic E-state index is 0. The van der Waals surface area contributed by atoms with Gasteiger partial charge >= 0.3 is 0 Å². The van der Waals surface area contributed by atoms with Gasteiger partial charge in [0.1, 0.15) is 0 Å². The van der Waals surface area contributed by atoms with Crippen LogP contribution in [0.25, 0.3) is 0 Å². The lowest BCUT2D eigenvalue weighted by Crippen LogP contribution is -2.38. The second kappa shape index (κ2) is 12.2. The fraction of sp³-hybridized carbons (Fsp3) is 0.273. The Hall–Kier alpha value is -2.35. The van der Waals surface area contributed by atoms with E-state index in [-0.39, 0.29) is 24.0 Å². The van der Waals surface area contributed by atoms with Crippen molar-refractivity contribution in [3.05, 3.63) is 89.7 Å². The number of nitrogens with one attached hydrogen (secondary N) is 2. The third kappa shape index (κ3) is 7.34. The molecule has 0 aliphatic heterocycles. The van der Waals surface area contributed by atoms with Gasteiger partial charge in [-0.2, -0.15) is 5.10 Å². The van der Waals surface area contributed by atoms with Gasteiger partial charge in [-0.15, -0.1) is 24.0 Å². The first-order valence-electron chi connectivity index (χ1n) is 9.45. The highest BCUT2D eigenvalue weighted by Gasteiger charge is 2.00. The lowest BCUT2D eigenvalue weighted by molar-refractivity contribution is 0.686. The van der Waals surface area contributed by atoms with Gasteiger partial charge in [-0.05, 0) is 36.1 Å². The first kappa shape index (κ1) is 21.9. The minimum atomic E-state index is 0. The summed E-state index contributed by atoms with van der Waals surface area (Å²) in [5.74, 6) is 0.853. The van der Waals surface area contributed by atoms with Gasteiger partial charge in [0.05, 0.1) is 13.1 Å². The zero-order chi connectivity index (χ0) is 18.7. The second-order valence-electron chi connectivity index (χ2n) is 6.38. The van der Waals surface area contributed by atoms with Crippen molar-refractivity contribution < 1.29 is 0 Å². The zero-order valence-electron chi connectivity index (χ0n) is 16.2. The van der Waals surface area contributed by atoms with Crippen molar-refractivity contribution in [1.82, 2.24) is 20.4 Å². The number of aliphatic imine (C=N–C) groups is 1. The van der Waals surface area contributed by atoms with Crippen LogP contribution in [0.3, 0.4) is 0 Å². The maximum absolute atomic E-state index is 4.73. The molecule has 0 aliphatic rings. The Morgan fingerprint density at radius 3 is 2.50 bits per heavy atom. The second-order valence-corrected chi connectivity index (χ2v) is 6.38. The van der Waals surface area contributed by atoms with Crippen LogP contribution in [0.2, 0.25) is 0 Å². The standard InChI is InChI=1S/C22H27N5.HI/c1-2-23-22(24-14-12-19-8-4-3-5-9-19)25-17-20-10-6-11-21(16-20)18-27-15-7-13-26-27;/h3-11,13,15-16H,2,12,14,17-18H2,1H3,(H2,23,24,25);1H. The fourth-order valence-electron chi connectivity index (χ4n) is 2.89. The molecular formula is C22H28IN5. The summed E-state index contributed by atoms with van der Waals surface area (Å²) in [7, 11) is 0. The SMILES string of the molecule is CCNC(=NCc1cccc(Cn2cccn2)c1)NCCc1ccccc1.I. The van der Waals surface area contributed by atoms with Crippen molar-refractivity contribution in [2.75, 3.05) is 13.1 Å². The van der Waals surface area contributed by atoms with E-state index in [4.69, 9.17) is 4.99 Å². The molecule has 0 saturated carbocycles. The van der Waals surface area contributed by atoms with Crippen LogP contribution in [0, 0.1) is 0 Å². The van der Waals surface area contributed by atoms with Gasteiger partial charge in [0.15, 0.2) is 5.96 Å². The molecule has 0 saturated heterocycles. The van der Waals surface area contributed by atoms with Crippen molar-refractivity contribution in [3.8, 4) is 0 Å². The molecule has 3 aromatic rings. The van der Waals surface area contributed by atoms with Crippen LogP contribution in [0.4, 0.5) is 0 Å². The molecule has 0 amide bonds. The monoisotopic (exact) mass is 489 g/mol. The average Bonchev–Trinajstić information content (AvgIpc) is 3.20. The summed E-state index contributed by atoms with van der Waals surface area (Å²) in [5, 5.41) is 11.0. The van der Waals surface area contributed by atoms with E-state index >= 15 is 0 Å². The van der Waals surface area contributed by atoms with E-state index in [1.807, 2.05) is 23.0 Å². The Kier molecular flexibility index (Phi) is 9.54. The number of nitrogens with zero attached hydrogens (tertiary/aromatic N) is 3. The summed E-state index contributed by atoms with van der Waals surface area (Å²) in [6, 6.07) is 20.9. The predicted molar refractivity (Wildman–Crippen MR) is 126 cm³/mol. The molecule has 0 fully saturated rings. The molecule has 0 radical (unpaired) electrons. The Morgan fingerprint density at radius 1 is 0.964 bits per heavy atom. The third-order valence-corrected chi connectivity index (χ3v) is 4.21. The Morgan fingerprint density at radius 2 is 1.75 bits per heavy atom. The Labute approximate surface area is 184 Å². The van der Waals surface area contributed by atoms with Gasteiger partial charge in [-0.3, -0.25) is 4.68 Å². The molecular weight excluding hydrogens is 461 g/mol. The van der Waals surface area contributed by atoms with Crippen LogP contribution in [-0.2, 0) is 19.5 Å². The molecule has 0 bridgehead atoms. The van der Waals surface area contributed by atoms with Crippen molar-refractivity contribution in [2.24, 2.45) is 4.99 Å². The molecule has 0 aliphatic carbocycles. The number of benzene rings is 2. The summed E-state index contributed by atoms with van der Waals surface area (Å²) >= 11 is 0. The van der Waals surface area contributed by atoms with E-state index in [1.165, 1.54) is 16.7 Å². The highest BCUT2D eigenvalue weighted by Crippen LogP contribution is 2.08. The molecule has 3 rings (SSSR count). The van der Waals surface area contributed by atoms with E-state index in [9.17, 15) is 0 Å². The zero-order valence-corrected chi connectivity index (χ0v) is 18.5. The van der Waals surface area contributed by atoms with Crippen molar-refractivity contribution in [1.29, 1.82) is 0 Å². The molecule has 0 unspecified atom stereocenters. The number of hydrogen-bond donors (Lipinski definition) is 2. The summed E-state index contributed by atoms with van der Waals surface area (Å²) < 4.78 is 1.93.